The van der Waals surface area contributed by atoms with Crippen LogP contribution in [-0.2, 0) is 12.8 Å². The fourth-order valence-corrected chi connectivity index (χ4v) is 2.76. The summed E-state index contributed by atoms with van der Waals surface area (Å²) < 4.78 is 0. The molecule has 0 N–H and O–H groups in total. The number of benzene rings is 1. The summed E-state index contributed by atoms with van der Waals surface area (Å²) in [7, 11) is 0. The zero-order chi connectivity index (χ0) is 10.4. The van der Waals surface area contributed by atoms with Crippen LogP contribution in [0, 0.1) is 0 Å². The van der Waals surface area contributed by atoms with Crippen LogP contribution in [0.3, 0.4) is 0 Å². The molecule has 3 rings (SSSR count). The van der Waals surface area contributed by atoms with Crippen molar-refractivity contribution in [2.45, 2.75) is 19.3 Å². The van der Waals surface area contributed by atoms with Gasteiger partial charge in [-0.2, -0.15) is 0 Å². The second-order valence-corrected chi connectivity index (χ2v) is 4.65. The number of nitrogens with zero attached hydrogens (tertiary/aromatic N) is 1. The van der Waals surface area contributed by atoms with Gasteiger partial charge in [-0.05, 0) is 48.6 Å². The molecule has 1 aromatic carbocycles. The van der Waals surface area contributed by atoms with Gasteiger partial charge in [-0.3, -0.25) is 0 Å². The smallest absolute Gasteiger partial charge is 0.129 e. The summed E-state index contributed by atoms with van der Waals surface area (Å²) in [4.78, 5) is 4.29. The summed E-state index contributed by atoms with van der Waals surface area (Å²) in [6, 6.07) is 5.98. The number of aromatic nitrogens is 1. The first-order chi connectivity index (χ1) is 7.25. The zero-order valence-corrected chi connectivity index (χ0v) is 9.57. The van der Waals surface area contributed by atoms with Crippen molar-refractivity contribution in [2.24, 2.45) is 0 Å². The average Bonchev–Trinajstić information content (AvgIpc) is 2.68. The first-order valence-corrected chi connectivity index (χ1v) is 5.78. The molecule has 0 spiro atoms. The monoisotopic (exact) mass is 237 g/mol. The van der Waals surface area contributed by atoms with Crippen LogP contribution in [0.1, 0.15) is 17.5 Å². The molecule has 0 aliphatic heterocycles. The lowest BCUT2D eigenvalue weighted by Crippen LogP contribution is -1.89. The topological polar surface area (TPSA) is 12.9 Å². The Hall–Kier alpha value is -0.790. The lowest BCUT2D eigenvalue weighted by Gasteiger charge is -2.06. The minimum atomic E-state index is 0.502. The quantitative estimate of drug-likeness (QED) is 0.631. The third-order valence-electron chi connectivity index (χ3n) is 2.96. The van der Waals surface area contributed by atoms with Crippen molar-refractivity contribution in [3.63, 3.8) is 0 Å². The molecule has 1 aromatic heterocycles. The molecule has 1 aliphatic rings. The molecule has 1 heterocycles. The van der Waals surface area contributed by atoms with E-state index in [1.54, 1.807) is 0 Å². The lowest BCUT2D eigenvalue weighted by atomic mass is 10.1. The highest BCUT2D eigenvalue weighted by Crippen LogP contribution is 2.35. The summed E-state index contributed by atoms with van der Waals surface area (Å²) >= 11 is 12.2. The van der Waals surface area contributed by atoms with Gasteiger partial charge in [0.1, 0.15) is 5.15 Å². The summed E-state index contributed by atoms with van der Waals surface area (Å²) in [6.07, 6.45) is 3.39. The molecule has 0 radical (unpaired) electrons. The van der Waals surface area contributed by atoms with Gasteiger partial charge in [0.2, 0.25) is 0 Å². The highest BCUT2D eigenvalue weighted by molar-refractivity contribution is 6.36. The first-order valence-electron chi connectivity index (χ1n) is 5.02. The highest BCUT2D eigenvalue weighted by Gasteiger charge is 2.17. The summed E-state index contributed by atoms with van der Waals surface area (Å²) in [5, 5.41) is 2.38. The second-order valence-electron chi connectivity index (χ2n) is 3.89. The van der Waals surface area contributed by atoms with Gasteiger partial charge >= 0.3 is 0 Å². The Kier molecular flexibility index (Phi) is 2.11. The number of aryl methyl sites for hydroxylation is 1. The van der Waals surface area contributed by atoms with Gasteiger partial charge < -0.3 is 0 Å². The molecule has 1 aliphatic carbocycles. The Labute approximate surface area is 98.0 Å². The van der Waals surface area contributed by atoms with E-state index in [1.807, 2.05) is 12.1 Å². The van der Waals surface area contributed by atoms with Crippen LogP contribution in [0.4, 0.5) is 0 Å². The molecule has 76 valence electrons. The molecule has 1 nitrogen and oxygen atoms in total. The van der Waals surface area contributed by atoms with E-state index in [0.29, 0.717) is 5.15 Å². The Morgan fingerprint density at radius 2 is 2.00 bits per heavy atom. The average molecular weight is 238 g/mol. The Morgan fingerprint density at radius 1 is 1.13 bits per heavy atom. The standard InChI is InChI=1S/C12H9Cl2N/c13-10-5-4-8-6-7-2-1-3-9(7)11(14)12(8)15-10/h4-6H,1-3H2. The number of pyridine rings is 1. The van der Waals surface area contributed by atoms with Crippen LogP contribution in [-0.4, -0.2) is 4.98 Å². The van der Waals surface area contributed by atoms with Crippen LogP contribution in [0.15, 0.2) is 18.2 Å². The number of hydrogen-bond donors (Lipinski definition) is 0. The molecule has 3 heteroatoms. The van der Waals surface area contributed by atoms with Crippen LogP contribution in [0.2, 0.25) is 10.2 Å². The largest absolute Gasteiger partial charge is 0.235 e. The van der Waals surface area contributed by atoms with Crippen molar-refractivity contribution in [3.8, 4) is 0 Å². The van der Waals surface area contributed by atoms with Crippen molar-refractivity contribution in [1.82, 2.24) is 4.98 Å². The van der Waals surface area contributed by atoms with Crippen LogP contribution >= 0.6 is 23.2 Å². The van der Waals surface area contributed by atoms with Gasteiger partial charge in [0.05, 0.1) is 10.5 Å². The Bertz CT molecular complexity index is 549. The van der Waals surface area contributed by atoms with Crippen molar-refractivity contribution in [3.05, 3.63) is 39.5 Å². The minimum Gasteiger partial charge on any atom is -0.235 e. The van der Waals surface area contributed by atoms with Gasteiger partial charge in [0, 0.05) is 5.39 Å². The molecule has 0 fully saturated rings. The maximum absolute atomic E-state index is 6.34. The second kappa shape index (κ2) is 3.36. The van der Waals surface area contributed by atoms with E-state index in [0.717, 1.165) is 28.8 Å². The predicted molar refractivity (Wildman–Crippen MR) is 63.8 cm³/mol. The maximum Gasteiger partial charge on any atom is 0.129 e. The van der Waals surface area contributed by atoms with Gasteiger partial charge in [0.15, 0.2) is 0 Å². The number of hydrogen-bond acceptors (Lipinski definition) is 1. The Morgan fingerprint density at radius 3 is 2.87 bits per heavy atom. The molecule has 0 unspecified atom stereocenters. The van der Waals surface area contributed by atoms with E-state index >= 15 is 0 Å². The first kappa shape index (κ1) is 9.44. The maximum atomic E-state index is 6.34. The van der Waals surface area contributed by atoms with E-state index in [-0.39, 0.29) is 0 Å². The fourth-order valence-electron chi connectivity index (χ4n) is 2.25. The number of rotatable bonds is 0. The van der Waals surface area contributed by atoms with Crippen LogP contribution in [0.25, 0.3) is 10.9 Å². The van der Waals surface area contributed by atoms with Gasteiger partial charge in [-0.1, -0.05) is 23.2 Å². The van der Waals surface area contributed by atoms with E-state index in [4.69, 9.17) is 23.2 Å². The van der Waals surface area contributed by atoms with E-state index in [2.05, 4.69) is 11.1 Å². The molecular weight excluding hydrogens is 229 g/mol. The van der Waals surface area contributed by atoms with Gasteiger partial charge in [0.25, 0.3) is 0 Å². The SMILES string of the molecule is Clc1ccc2cc3c(c(Cl)c2n1)CCC3. The highest BCUT2D eigenvalue weighted by atomic mass is 35.5. The van der Waals surface area contributed by atoms with Crippen molar-refractivity contribution in [2.75, 3.05) is 0 Å². The third kappa shape index (κ3) is 1.42. The third-order valence-corrected chi connectivity index (χ3v) is 3.57. The summed E-state index contributed by atoms with van der Waals surface area (Å²) in [6.45, 7) is 0. The molecule has 2 aromatic rings. The Balaban J connectivity index is 2.41. The van der Waals surface area contributed by atoms with Gasteiger partial charge in [-0.25, -0.2) is 4.98 Å². The van der Waals surface area contributed by atoms with E-state index in [9.17, 15) is 0 Å². The van der Waals surface area contributed by atoms with Crippen molar-refractivity contribution < 1.29 is 0 Å². The van der Waals surface area contributed by atoms with E-state index in [1.165, 1.54) is 17.5 Å². The summed E-state index contributed by atoms with van der Waals surface area (Å²) in [5.41, 5.74) is 3.47. The molecular formula is C12H9Cl2N. The van der Waals surface area contributed by atoms with Crippen molar-refractivity contribution in [1.29, 1.82) is 0 Å². The molecule has 0 bridgehead atoms. The van der Waals surface area contributed by atoms with Crippen LogP contribution < -0.4 is 0 Å². The molecule has 15 heavy (non-hydrogen) atoms. The van der Waals surface area contributed by atoms with Gasteiger partial charge in [-0.15, -0.1) is 0 Å². The molecule has 0 amide bonds. The van der Waals surface area contributed by atoms with Crippen LogP contribution in [0.5, 0.6) is 0 Å². The normalized spacial score (nSPS) is 14.5. The fraction of sp³-hybridized carbons (Fsp3) is 0.250. The number of halogens is 2. The lowest BCUT2D eigenvalue weighted by molar-refractivity contribution is 0.912. The minimum absolute atomic E-state index is 0.502. The number of fused-ring (bicyclic) bond motifs is 2. The van der Waals surface area contributed by atoms with Crippen molar-refractivity contribution >= 4 is 34.1 Å². The zero-order valence-electron chi connectivity index (χ0n) is 8.06. The van der Waals surface area contributed by atoms with E-state index < -0.39 is 0 Å². The molecule has 0 saturated heterocycles. The molecule has 0 saturated carbocycles. The summed E-state index contributed by atoms with van der Waals surface area (Å²) in [5.74, 6) is 0. The molecule has 0 atom stereocenters. The predicted octanol–water partition coefficient (Wildman–Crippen LogP) is 4.03.